The molecule has 1 aromatic heterocycles. The number of nitrogens with zero attached hydrogens (tertiary/aromatic N) is 3. The number of hydrogen-bond acceptors (Lipinski definition) is 5. The second-order valence-corrected chi connectivity index (χ2v) is 5.43. The number of ether oxygens (including phenoxy) is 1. The number of hydrogen-bond donors (Lipinski definition) is 1. The predicted octanol–water partition coefficient (Wildman–Crippen LogP) is 3.69. The number of aromatic nitrogens is 2. The smallest absolute Gasteiger partial charge is 0.311 e. The third-order valence-corrected chi connectivity index (χ3v) is 3.60. The van der Waals surface area contributed by atoms with Crippen LogP contribution in [0.1, 0.15) is 12.6 Å². The van der Waals surface area contributed by atoms with Crippen LogP contribution >= 0.6 is 0 Å². The molecule has 7 heteroatoms. The summed E-state index contributed by atoms with van der Waals surface area (Å²) in [5, 5.41) is 11.1. The number of carbonyl (C=O) groups is 1. The highest BCUT2D eigenvalue weighted by Crippen LogP contribution is 2.20. The molecule has 0 unspecified atom stereocenters. The van der Waals surface area contributed by atoms with E-state index in [9.17, 15) is 9.59 Å². The van der Waals surface area contributed by atoms with Gasteiger partial charge in [-0.25, -0.2) is 4.68 Å². The molecule has 0 saturated carbocycles. The molecule has 2 aromatic carbocycles. The van der Waals surface area contributed by atoms with Crippen molar-refractivity contribution in [1.29, 1.82) is 0 Å². The Bertz CT molecular complexity index is 959. The molecule has 7 nitrogen and oxygen atoms in total. The van der Waals surface area contributed by atoms with Crippen molar-refractivity contribution in [2.24, 2.45) is 10.2 Å². The lowest BCUT2D eigenvalue weighted by Gasteiger charge is -2.01. The first-order valence-corrected chi connectivity index (χ1v) is 8.20. The summed E-state index contributed by atoms with van der Waals surface area (Å²) >= 11 is 0. The number of esters is 1. The maximum absolute atomic E-state index is 12.8. The van der Waals surface area contributed by atoms with E-state index in [0.29, 0.717) is 17.1 Å². The number of rotatable bonds is 6. The topological polar surface area (TPSA) is 88.8 Å². The van der Waals surface area contributed by atoms with Crippen molar-refractivity contribution in [1.82, 2.24) is 9.78 Å². The second kappa shape index (κ2) is 8.06. The van der Waals surface area contributed by atoms with Crippen LogP contribution in [-0.2, 0) is 16.0 Å². The summed E-state index contributed by atoms with van der Waals surface area (Å²) in [5.74, 6) is -0.440. The van der Waals surface area contributed by atoms with Gasteiger partial charge < -0.3 is 4.74 Å². The van der Waals surface area contributed by atoms with Crippen molar-refractivity contribution in [3.63, 3.8) is 0 Å². The zero-order valence-corrected chi connectivity index (χ0v) is 14.3. The summed E-state index contributed by atoms with van der Waals surface area (Å²) in [5.41, 5.74) is 1.32. The maximum Gasteiger partial charge on any atom is 0.311 e. The van der Waals surface area contributed by atoms with Gasteiger partial charge in [-0.2, -0.15) is 5.11 Å². The van der Waals surface area contributed by atoms with E-state index in [2.05, 4.69) is 15.3 Å². The number of benzene rings is 2. The van der Waals surface area contributed by atoms with Gasteiger partial charge in [0, 0.05) is 0 Å². The number of azo groups is 1. The highest BCUT2D eigenvalue weighted by Gasteiger charge is 2.18. The van der Waals surface area contributed by atoms with Crippen molar-refractivity contribution in [3.05, 3.63) is 76.7 Å². The summed E-state index contributed by atoms with van der Waals surface area (Å²) < 4.78 is 6.32. The first-order chi connectivity index (χ1) is 12.7. The summed E-state index contributed by atoms with van der Waals surface area (Å²) in [6.45, 7) is 2.00. The highest BCUT2D eigenvalue weighted by atomic mass is 16.5. The lowest BCUT2D eigenvalue weighted by Crippen LogP contribution is -2.13. The fourth-order valence-corrected chi connectivity index (χ4v) is 2.42. The standard InChI is InChI=1S/C19H18N4O3/c1-2-26-17(24)13-16-18(21-20-14-9-5-3-6-10-14)19(25)23(22-16)15-11-7-4-8-12-15/h3-12,22H,2,13H2,1H3. The Morgan fingerprint density at radius 1 is 1.04 bits per heavy atom. The molecule has 3 rings (SSSR count). The minimum absolute atomic E-state index is 0.0887. The monoisotopic (exact) mass is 350 g/mol. The van der Waals surface area contributed by atoms with Gasteiger partial charge in [0.2, 0.25) is 0 Å². The molecular formula is C19H18N4O3. The molecule has 132 valence electrons. The minimum Gasteiger partial charge on any atom is -0.466 e. The molecule has 3 aromatic rings. The summed E-state index contributed by atoms with van der Waals surface area (Å²) in [4.78, 5) is 24.6. The van der Waals surface area contributed by atoms with Crippen LogP contribution in [0.15, 0.2) is 75.7 Å². The number of nitrogens with one attached hydrogen (secondary N) is 1. The fraction of sp³-hybridized carbons (Fsp3) is 0.158. The van der Waals surface area contributed by atoms with Crippen LogP contribution < -0.4 is 5.56 Å². The zero-order chi connectivity index (χ0) is 18.4. The minimum atomic E-state index is -0.440. The number of carbonyl (C=O) groups excluding carboxylic acids is 1. The SMILES string of the molecule is CCOC(=O)Cc1[nH]n(-c2ccccc2)c(=O)c1N=Nc1ccccc1. The fourth-order valence-electron chi connectivity index (χ4n) is 2.42. The quantitative estimate of drug-likeness (QED) is 0.543. The molecule has 1 N–H and O–H groups in total. The lowest BCUT2D eigenvalue weighted by atomic mass is 10.3. The van der Waals surface area contributed by atoms with Crippen molar-refractivity contribution in [2.75, 3.05) is 6.61 Å². The molecular weight excluding hydrogens is 332 g/mol. The first kappa shape index (κ1) is 17.3. The normalized spacial score (nSPS) is 11.0. The van der Waals surface area contributed by atoms with Crippen LogP contribution in [0.5, 0.6) is 0 Å². The molecule has 0 amide bonds. The lowest BCUT2D eigenvalue weighted by molar-refractivity contribution is -0.142. The van der Waals surface area contributed by atoms with Crippen LogP contribution in [0, 0.1) is 0 Å². The molecule has 0 fully saturated rings. The van der Waals surface area contributed by atoms with E-state index in [4.69, 9.17) is 4.74 Å². The zero-order valence-electron chi connectivity index (χ0n) is 14.3. The van der Waals surface area contributed by atoms with Gasteiger partial charge in [-0.3, -0.25) is 14.7 Å². The van der Waals surface area contributed by atoms with Crippen LogP contribution in [-0.4, -0.2) is 22.4 Å². The van der Waals surface area contributed by atoms with Crippen molar-refractivity contribution in [3.8, 4) is 5.69 Å². The number of para-hydroxylation sites is 1. The summed E-state index contributed by atoms with van der Waals surface area (Å²) in [6.07, 6.45) is -0.0912. The van der Waals surface area contributed by atoms with Gasteiger partial charge in [-0.1, -0.05) is 36.4 Å². The van der Waals surface area contributed by atoms with E-state index in [1.165, 1.54) is 4.68 Å². The van der Waals surface area contributed by atoms with E-state index in [0.717, 1.165) is 0 Å². The Balaban J connectivity index is 2.02. The van der Waals surface area contributed by atoms with Crippen LogP contribution in [0.3, 0.4) is 0 Å². The molecule has 0 radical (unpaired) electrons. The predicted molar refractivity (Wildman–Crippen MR) is 97.3 cm³/mol. The molecule has 0 spiro atoms. The van der Waals surface area contributed by atoms with E-state index >= 15 is 0 Å². The second-order valence-electron chi connectivity index (χ2n) is 5.43. The maximum atomic E-state index is 12.8. The van der Waals surface area contributed by atoms with Crippen molar-refractivity contribution >= 4 is 17.3 Å². The summed E-state index contributed by atoms with van der Waals surface area (Å²) in [7, 11) is 0. The van der Waals surface area contributed by atoms with E-state index < -0.39 is 5.97 Å². The Morgan fingerprint density at radius 2 is 1.69 bits per heavy atom. The van der Waals surface area contributed by atoms with Gasteiger partial charge >= 0.3 is 5.97 Å². The Morgan fingerprint density at radius 3 is 2.35 bits per heavy atom. The van der Waals surface area contributed by atoms with Gasteiger partial charge in [-0.15, -0.1) is 5.11 Å². The first-order valence-electron chi connectivity index (χ1n) is 8.20. The van der Waals surface area contributed by atoms with Crippen LogP contribution in [0.4, 0.5) is 11.4 Å². The Hall–Kier alpha value is -3.48. The van der Waals surface area contributed by atoms with Gasteiger partial charge in [0.05, 0.1) is 30.1 Å². The van der Waals surface area contributed by atoms with Crippen LogP contribution in [0.2, 0.25) is 0 Å². The molecule has 1 heterocycles. The number of aromatic amines is 1. The van der Waals surface area contributed by atoms with E-state index in [1.54, 1.807) is 31.2 Å². The van der Waals surface area contributed by atoms with E-state index in [1.807, 2.05) is 36.4 Å². The van der Waals surface area contributed by atoms with Gasteiger partial charge in [0.25, 0.3) is 5.56 Å². The van der Waals surface area contributed by atoms with E-state index in [-0.39, 0.29) is 24.3 Å². The van der Waals surface area contributed by atoms with Gasteiger partial charge in [0.15, 0.2) is 5.69 Å². The molecule has 0 bridgehead atoms. The largest absolute Gasteiger partial charge is 0.466 e. The van der Waals surface area contributed by atoms with Crippen LogP contribution in [0.25, 0.3) is 5.69 Å². The third kappa shape index (κ3) is 3.94. The van der Waals surface area contributed by atoms with Crippen molar-refractivity contribution < 1.29 is 9.53 Å². The molecule has 0 aliphatic rings. The summed E-state index contributed by atoms with van der Waals surface area (Å²) in [6, 6.07) is 18.1. The van der Waals surface area contributed by atoms with Gasteiger partial charge in [0.1, 0.15) is 0 Å². The Kier molecular flexibility index (Phi) is 5.38. The molecule has 0 aliphatic heterocycles. The molecule has 0 saturated heterocycles. The third-order valence-electron chi connectivity index (χ3n) is 3.60. The molecule has 26 heavy (non-hydrogen) atoms. The molecule has 0 atom stereocenters. The average Bonchev–Trinajstić information content (AvgIpc) is 2.97. The Labute approximate surface area is 149 Å². The van der Waals surface area contributed by atoms with Crippen molar-refractivity contribution in [2.45, 2.75) is 13.3 Å². The highest BCUT2D eigenvalue weighted by molar-refractivity contribution is 5.73. The number of H-pyrrole nitrogens is 1. The van der Waals surface area contributed by atoms with Gasteiger partial charge in [-0.05, 0) is 31.2 Å². The molecule has 0 aliphatic carbocycles. The average molecular weight is 350 g/mol.